The Kier molecular flexibility index (Phi) is 25.3. The number of aryl methyl sites for hydroxylation is 4. The Morgan fingerprint density at radius 2 is 0.686 bits per heavy atom. The minimum Gasteiger partial charge on any atom is -0.346 e. The summed E-state index contributed by atoms with van der Waals surface area (Å²) in [6.45, 7) is 27.7. The smallest absolute Gasteiger partial charge is 0.269 e. The van der Waals surface area contributed by atoms with Crippen LogP contribution in [0.3, 0.4) is 0 Å². The van der Waals surface area contributed by atoms with Gasteiger partial charge in [-0.05, 0) is 190 Å². The van der Waals surface area contributed by atoms with Crippen molar-refractivity contribution in [3.63, 3.8) is 0 Å². The molecule has 4 aliphatic carbocycles. The monoisotopic (exact) mass is 1620 g/mol. The van der Waals surface area contributed by atoms with Crippen LogP contribution in [0.1, 0.15) is 186 Å². The van der Waals surface area contributed by atoms with Gasteiger partial charge in [0, 0.05) is 169 Å². The van der Waals surface area contributed by atoms with Gasteiger partial charge in [-0.1, -0.05) is 173 Å². The molecule has 0 bridgehead atoms. The number of hydrogen-bond acceptors (Lipinski definition) is 12. The molecule has 14 aromatic rings. The zero-order valence-corrected chi connectivity index (χ0v) is 69.9. The lowest BCUT2D eigenvalue weighted by Crippen LogP contribution is -2.20. The van der Waals surface area contributed by atoms with Gasteiger partial charge in [0.15, 0.2) is 11.3 Å². The molecule has 20 nitrogen and oxygen atoms in total. The van der Waals surface area contributed by atoms with Crippen LogP contribution in [0.25, 0.3) is 111 Å². The van der Waals surface area contributed by atoms with Gasteiger partial charge in [-0.2, -0.15) is 20.4 Å². The first-order valence-corrected chi connectivity index (χ1v) is 42.4. The molecule has 0 amide bonds. The molecule has 12 heterocycles. The van der Waals surface area contributed by atoms with E-state index in [-0.39, 0.29) is 55.7 Å². The van der Waals surface area contributed by atoms with Crippen molar-refractivity contribution in [2.24, 2.45) is 73.5 Å². The zero-order chi connectivity index (χ0) is 80.6. The van der Waals surface area contributed by atoms with Crippen molar-refractivity contribution in [3.05, 3.63) is 231 Å². The Labute approximate surface area is 698 Å². The van der Waals surface area contributed by atoms with Crippen molar-refractivity contribution in [3.8, 4) is 44.5 Å². The summed E-state index contributed by atoms with van der Waals surface area (Å²) in [5.74, 6) is 2.39. The largest absolute Gasteiger partial charge is 0.346 e. The van der Waals surface area contributed by atoms with Gasteiger partial charge in [0.25, 0.3) is 20.0 Å². The Morgan fingerprint density at radius 3 is 1.00 bits per heavy atom. The normalized spacial score (nSPS) is 18.6. The van der Waals surface area contributed by atoms with Gasteiger partial charge in [0.2, 0.25) is 0 Å². The van der Waals surface area contributed by atoms with Gasteiger partial charge in [-0.15, -0.1) is 0 Å². The molecule has 0 spiro atoms. The second-order valence-corrected chi connectivity index (χ2v) is 39.2. The second-order valence-electron chi connectivity index (χ2n) is 35.5. The van der Waals surface area contributed by atoms with Crippen molar-refractivity contribution >= 4 is 86.5 Å². The number of nitrogens with zero attached hydrogens (tertiary/aromatic N) is 14. The van der Waals surface area contributed by atoms with Crippen LogP contribution in [0.15, 0.2) is 218 Å². The standard InChI is InChI=1S/2C26H28N4O2S.2C20H24N4.4CH4/c2*1-18-10-19(13-26(2,3)12-18)20-11-23-24(21-15-28-29(4)16-21)17-30(25(23)27-14-20)33(31,32)22-8-6-5-7-9-22;2*1-13-5-14(8-20(2,3)7-13)15-6-17-18(11-22-19(17)21-9-15)16-10-23-24(4)12-16;;;;/h5-9,11,13-18H,10,12H2,1-4H3;5-11,14-18H,12-13H2,1-4H3;6,8-13H,5,7H2,1-4H3,(H,21,22);5-6,9-13H,7-8H2,1-4H3,(H,21,22);4*1H4. The number of rotatable bonds is 12. The molecule has 2 N–H and O–H groups in total. The average molecular weight is 1630 g/mol. The molecule has 12 aromatic heterocycles. The Balaban J connectivity index is 0.000000154. The van der Waals surface area contributed by atoms with Crippen LogP contribution in [-0.2, 0) is 48.2 Å². The molecular formula is C96H120N16O4S2. The van der Waals surface area contributed by atoms with Crippen molar-refractivity contribution in [1.29, 1.82) is 0 Å². The van der Waals surface area contributed by atoms with Crippen LogP contribution in [0.2, 0.25) is 0 Å². The number of H-pyrrole nitrogens is 2. The van der Waals surface area contributed by atoms with Gasteiger partial charge in [-0.3, -0.25) is 18.7 Å². The Hall–Kier alpha value is -11.1. The van der Waals surface area contributed by atoms with E-state index in [4.69, 9.17) is 0 Å². The highest BCUT2D eigenvalue weighted by Crippen LogP contribution is 2.48. The summed E-state index contributed by atoms with van der Waals surface area (Å²) in [6.07, 6.45) is 48.7. The summed E-state index contributed by atoms with van der Waals surface area (Å²) in [5.41, 5.74) is 21.5. The predicted octanol–water partition coefficient (Wildman–Crippen LogP) is 23.2. The van der Waals surface area contributed by atoms with Gasteiger partial charge in [0.1, 0.15) is 11.3 Å². The van der Waals surface area contributed by atoms with E-state index < -0.39 is 20.0 Å². The van der Waals surface area contributed by atoms with Crippen LogP contribution in [0.5, 0.6) is 0 Å². The molecule has 4 atom stereocenters. The first-order chi connectivity index (χ1) is 54.1. The first-order valence-electron chi connectivity index (χ1n) is 39.5. The van der Waals surface area contributed by atoms with E-state index in [0.717, 1.165) is 127 Å². The fraction of sp³-hybridized carbons (Fsp3) is 0.375. The summed E-state index contributed by atoms with van der Waals surface area (Å²) in [6, 6.07) is 25.7. The lowest BCUT2D eigenvalue weighted by molar-refractivity contribution is 0.296. The highest BCUT2D eigenvalue weighted by atomic mass is 32.2. The number of benzene rings is 2. The van der Waals surface area contributed by atoms with Crippen molar-refractivity contribution in [1.82, 2.24) is 77.0 Å². The minimum atomic E-state index is -3.80. The number of aromatic nitrogens is 16. The summed E-state index contributed by atoms with van der Waals surface area (Å²) < 4.78 is 63.7. The van der Waals surface area contributed by atoms with Gasteiger partial charge < -0.3 is 9.97 Å². The third-order valence-corrected chi connectivity index (χ3v) is 25.8. The summed E-state index contributed by atoms with van der Waals surface area (Å²) in [4.78, 5) is 25.7. The number of fused-ring (bicyclic) bond motifs is 4. The molecule has 620 valence electrons. The molecule has 22 heteroatoms. The molecule has 0 radical (unpaired) electrons. The first kappa shape index (κ1) is 87.7. The lowest BCUT2D eigenvalue weighted by atomic mass is 9.72. The third-order valence-electron chi connectivity index (χ3n) is 22.5. The average Bonchev–Trinajstić information content (AvgIpc) is 1.59. The van der Waals surface area contributed by atoms with E-state index in [0.29, 0.717) is 40.4 Å². The van der Waals surface area contributed by atoms with Crippen LogP contribution in [0, 0.1) is 45.3 Å². The fourth-order valence-corrected chi connectivity index (χ4v) is 21.0. The highest BCUT2D eigenvalue weighted by Gasteiger charge is 2.33. The van der Waals surface area contributed by atoms with E-state index in [2.05, 4.69) is 182 Å². The minimum absolute atomic E-state index is 0. The molecule has 2 aromatic carbocycles. The quantitative estimate of drug-likeness (QED) is 0.116. The van der Waals surface area contributed by atoms with Crippen LogP contribution >= 0.6 is 0 Å². The molecule has 4 aliphatic rings. The second kappa shape index (κ2) is 34.1. The SMILES string of the molecule is C.C.C.C.CC1C=C(c2cnc3[nH]cc(-c4cnn(C)c4)c3c2)CC(C)(C)C1.CC1C=C(c2cnc3c(c2)c(-c2cnn(C)c2)cn3S(=O)(=O)c2ccccc2)CC(C)(C)C1.CC1CC(c2cnc3[nH]cc(-c4cnn(C)c4)c3c2)=CC(C)(C)C1.CC1CC(c2cnc3c(c2)c(-c2cnn(C)c2)cn3S(=O)(=O)c2ccccc2)=CC(C)(C)C1. The topological polar surface area (TPSA) is 233 Å². The Morgan fingerprint density at radius 1 is 0.373 bits per heavy atom. The number of allylic oxidation sites excluding steroid dienone is 8. The number of hydrogen-bond donors (Lipinski definition) is 2. The van der Waals surface area contributed by atoms with Crippen LogP contribution in [0.4, 0.5) is 0 Å². The molecule has 0 fully saturated rings. The van der Waals surface area contributed by atoms with E-state index in [1.54, 1.807) is 94.8 Å². The molecule has 4 unspecified atom stereocenters. The number of pyridine rings is 4. The molecule has 0 saturated heterocycles. The summed E-state index contributed by atoms with van der Waals surface area (Å²) >= 11 is 0. The van der Waals surface area contributed by atoms with E-state index in [1.165, 1.54) is 54.2 Å². The maximum absolute atomic E-state index is 13.5. The fourth-order valence-electron chi connectivity index (χ4n) is 18.3. The third kappa shape index (κ3) is 18.6. The summed E-state index contributed by atoms with van der Waals surface area (Å²) in [5, 5.41) is 21.1. The molecule has 118 heavy (non-hydrogen) atoms. The Bertz CT molecular complexity index is 6320. The molecule has 18 rings (SSSR count). The van der Waals surface area contributed by atoms with Crippen molar-refractivity contribution in [2.75, 3.05) is 0 Å². The molecular weight excluding hydrogens is 1510 g/mol. The van der Waals surface area contributed by atoms with Gasteiger partial charge in [-0.25, -0.2) is 44.7 Å². The summed E-state index contributed by atoms with van der Waals surface area (Å²) in [7, 11) is -0.0106. The maximum atomic E-state index is 13.5. The van der Waals surface area contributed by atoms with E-state index >= 15 is 0 Å². The number of aromatic amines is 2. The lowest BCUT2D eigenvalue weighted by Gasteiger charge is -2.33. The highest BCUT2D eigenvalue weighted by molar-refractivity contribution is 7.90. The molecule has 0 aliphatic heterocycles. The maximum Gasteiger partial charge on any atom is 0.269 e. The predicted molar refractivity (Wildman–Crippen MR) is 486 cm³/mol. The molecule has 0 saturated carbocycles. The van der Waals surface area contributed by atoms with Crippen LogP contribution < -0.4 is 0 Å². The van der Waals surface area contributed by atoms with Crippen molar-refractivity contribution < 1.29 is 16.8 Å². The van der Waals surface area contributed by atoms with Gasteiger partial charge >= 0.3 is 0 Å². The van der Waals surface area contributed by atoms with E-state index in [1.807, 2.05) is 112 Å². The zero-order valence-electron chi connectivity index (χ0n) is 68.3. The van der Waals surface area contributed by atoms with Crippen LogP contribution in [-0.4, -0.2) is 93.8 Å². The van der Waals surface area contributed by atoms with Gasteiger partial charge in [0.05, 0.1) is 34.6 Å². The number of nitrogens with one attached hydrogen (secondary N) is 2. The van der Waals surface area contributed by atoms with E-state index in [9.17, 15) is 16.8 Å². The van der Waals surface area contributed by atoms with Crippen molar-refractivity contribution in [2.45, 2.75) is 174 Å².